The van der Waals surface area contributed by atoms with E-state index in [2.05, 4.69) is 32.7 Å². The molecule has 1 aromatic heterocycles. The van der Waals surface area contributed by atoms with Gasteiger partial charge in [0, 0.05) is 12.6 Å². The highest BCUT2D eigenvalue weighted by Crippen LogP contribution is 2.26. The predicted octanol–water partition coefficient (Wildman–Crippen LogP) is 2.95. The molecule has 2 N–H and O–H groups in total. The Bertz CT molecular complexity index is 333. The predicted molar refractivity (Wildman–Crippen MR) is 71.9 cm³/mol. The zero-order chi connectivity index (χ0) is 13.0. The van der Waals surface area contributed by atoms with E-state index in [0.717, 1.165) is 24.5 Å². The summed E-state index contributed by atoms with van der Waals surface area (Å²) in [5.41, 5.74) is 6.23. The molecule has 3 heteroatoms. The van der Waals surface area contributed by atoms with Gasteiger partial charge in [0.1, 0.15) is 11.5 Å². The molecule has 2 unspecified atom stereocenters. The van der Waals surface area contributed by atoms with Crippen LogP contribution in [-0.2, 0) is 0 Å². The number of furan rings is 1. The number of rotatable bonds is 6. The summed E-state index contributed by atoms with van der Waals surface area (Å²) in [7, 11) is 2.12. The second kappa shape index (κ2) is 6.22. The Kier molecular flexibility index (Phi) is 5.22. The molecule has 0 spiro atoms. The van der Waals surface area contributed by atoms with E-state index >= 15 is 0 Å². The van der Waals surface area contributed by atoms with Crippen LogP contribution in [0.5, 0.6) is 0 Å². The molecule has 0 aliphatic heterocycles. The van der Waals surface area contributed by atoms with E-state index in [-0.39, 0.29) is 12.1 Å². The SMILES string of the molecule is CCC(N)C(c1ccc(C)o1)N(C)CC(C)C. The molecule has 0 saturated carbocycles. The summed E-state index contributed by atoms with van der Waals surface area (Å²) in [6.45, 7) is 9.56. The Morgan fingerprint density at radius 2 is 2.00 bits per heavy atom. The van der Waals surface area contributed by atoms with Crippen molar-refractivity contribution >= 4 is 0 Å². The van der Waals surface area contributed by atoms with Crippen LogP contribution >= 0.6 is 0 Å². The molecule has 0 aliphatic rings. The molecule has 0 saturated heterocycles. The summed E-state index contributed by atoms with van der Waals surface area (Å²) in [4.78, 5) is 2.30. The first-order valence-electron chi connectivity index (χ1n) is 6.47. The lowest BCUT2D eigenvalue weighted by Gasteiger charge is -2.31. The maximum atomic E-state index is 6.23. The molecular formula is C14H26N2O. The van der Waals surface area contributed by atoms with Gasteiger partial charge in [-0.3, -0.25) is 4.90 Å². The van der Waals surface area contributed by atoms with Gasteiger partial charge < -0.3 is 10.2 Å². The minimum absolute atomic E-state index is 0.115. The van der Waals surface area contributed by atoms with Crippen LogP contribution < -0.4 is 5.73 Å². The highest BCUT2D eigenvalue weighted by Gasteiger charge is 2.26. The fourth-order valence-electron chi connectivity index (χ4n) is 2.28. The van der Waals surface area contributed by atoms with E-state index in [9.17, 15) is 0 Å². The van der Waals surface area contributed by atoms with Crippen molar-refractivity contribution in [3.8, 4) is 0 Å². The maximum absolute atomic E-state index is 6.23. The molecule has 1 rings (SSSR count). The standard InChI is InChI=1S/C14H26N2O/c1-6-12(15)14(16(5)9-10(2)3)13-8-7-11(4)17-13/h7-8,10,12,14H,6,9,15H2,1-5H3. The Hall–Kier alpha value is -0.800. The third kappa shape index (κ3) is 3.86. The molecule has 2 atom stereocenters. The molecule has 17 heavy (non-hydrogen) atoms. The van der Waals surface area contributed by atoms with Gasteiger partial charge >= 0.3 is 0 Å². The van der Waals surface area contributed by atoms with Crippen LogP contribution in [-0.4, -0.2) is 24.5 Å². The average Bonchev–Trinajstić information content (AvgIpc) is 2.63. The number of aryl methyl sites for hydroxylation is 1. The molecule has 1 aromatic rings. The molecule has 0 aliphatic carbocycles. The summed E-state index contributed by atoms with van der Waals surface area (Å²) in [6.07, 6.45) is 0.951. The largest absolute Gasteiger partial charge is 0.465 e. The number of hydrogen-bond acceptors (Lipinski definition) is 3. The number of likely N-dealkylation sites (N-methyl/N-ethyl adjacent to an activating group) is 1. The molecule has 1 heterocycles. The lowest BCUT2D eigenvalue weighted by atomic mass is 10.0. The number of nitrogens with zero attached hydrogens (tertiary/aromatic N) is 1. The minimum Gasteiger partial charge on any atom is -0.465 e. The smallest absolute Gasteiger partial charge is 0.122 e. The number of hydrogen-bond donors (Lipinski definition) is 1. The van der Waals surface area contributed by atoms with Crippen molar-refractivity contribution in [2.75, 3.05) is 13.6 Å². The van der Waals surface area contributed by atoms with Gasteiger partial charge in [-0.1, -0.05) is 20.8 Å². The molecule has 3 nitrogen and oxygen atoms in total. The Morgan fingerprint density at radius 1 is 1.35 bits per heavy atom. The summed E-state index contributed by atoms with van der Waals surface area (Å²) >= 11 is 0. The fraction of sp³-hybridized carbons (Fsp3) is 0.714. The van der Waals surface area contributed by atoms with Crippen molar-refractivity contribution in [1.29, 1.82) is 0 Å². The van der Waals surface area contributed by atoms with E-state index < -0.39 is 0 Å². The van der Waals surface area contributed by atoms with Gasteiger partial charge in [-0.2, -0.15) is 0 Å². The van der Waals surface area contributed by atoms with Crippen molar-refractivity contribution < 1.29 is 4.42 Å². The van der Waals surface area contributed by atoms with E-state index in [1.165, 1.54) is 0 Å². The monoisotopic (exact) mass is 238 g/mol. The molecule has 0 aromatic carbocycles. The lowest BCUT2D eigenvalue weighted by Crippen LogP contribution is -2.40. The normalized spacial score (nSPS) is 15.5. The summed E-state index contributed by atoms with van der Waals surface area (Å²) < 4.78 is 5.75. The van der Waals surface area contributed by atoms with Gasteiger partial charge in [-0.25, -0.2) is 0 Å². The number of nitrogens with two attached hydrogens (primary N) is 1. The van der Waals surface area contributed by atoms with Crippen molar-refractivity contribution in [3.05, 3.63) is 23.7 Å². The van der Waals surface area contributed by atoms with E-state index in [1.807, 2.05) is 19.1 Å². The van der Waals surface area contributed by atoms with E-state index in [0.29, 0.717) is 5.92 Å². The third-order valence-corrected chi connectivity index (χ3v) is 3.06. The Labute approximate surface area is 105 Å². The first kappa shape index (κ1) is 14.3. The van der Waals surface area contributed by atoms with Gasteiger partial charge in [-0.15, -0.1) is 0 Å². The van der Waals surface area contributed by atoms with E-state index in [4.69, 9.17) is 10.2 Å². The first-order chi connectivity index (χ1) is 7.95. The summed E-state index contributed by atoms with van der Waals surface area (Å²) in [5, 5.41) is 0. The second-order valence-corrected chi connectivity index (χ2v) is 5.30. The van der Waals surface area contributed by atoms with Crippen LogP contribution in [0.15, 0.2) is 16.5 Å². The van der Waals surface area contributed by atoms with Crippen molar-refractivity contribution in [2.24, 2.45) is 11.7 Å². The molecule has 0 bridgehead atoms. The van der Waals surface area contributed by atoms with Crippen molar-refractivity contribution in [2.45, 2.75) is 46.2 Å². The third-order valence-electron chi connectivity index (χ3n) is 3.06. The summed E-state index contributed by atoms with van der Waals surface area (Å²) in [5.74, 6) is 2.56. The molecule has 0 radical (unpaired) electrons. The van der Waals surface area contributed by atoms with Gasteiger partial charge in [-0.05, 0) is 38.4 Å². The van der Waals surface area contributed by atoms with Crippen LogP contribution in [0, 0.1) is 12.8 Å². The molecule has 0 amide bonds. The topological polar surface area (TPSA) is 42.4 Å². The van der Waals surface area contributed by atoms with Gasteiger partial charge in [0.25, 0.3) is 0 Å². The van der Waals surface area contributed by atoms with Crippen molar-refractivity contribution in [3.63, 3.8) is 0 Å². The first-order valence-corrected chi connectivity index (χ1v) is 6.47. The van der Waals surface area contributed by atoms with Crippen LogP contribution in [0.3, 0.4) is 0 Å². The fourth-order valence-corrected chi connectivity index (χ4v) is 2.28. The zero-order valence-electron chi connectivity index (χ0n) is 11.7. The van der Waals surface area contributed by atoms with Crippen LogP contribution in [0.4, 0.5) is 0 Å². The zero-order valence-corrected chi connectivity index (χ0v) is 11.7. The van der Waals surface area contributed by atoms with Crippen molar-refractivity contribution in [1.82, 2.24) is 4.90 Å². The minimum atomic E-state index is 0.115. The quantitative estimate of drug-likeness (QED) is 0.828. The maximum Gasteiger partial charge on any atom is 0.122 e. The van der Waals surface area contributed by atoms with Gasteiger partial charge in [0.15, 0.2) is 0 Å². The highest BCUT2D eigenvalue weighted by molar-refractivity contribution is 5.12. The average molecular weight is 238 g/mol. The van der Waals surface area contributed by atoms with Crippen LogP contribution in [0.25, 0.3) is 0 Å². The van der Waals surface area contributed by atoms with Gasteiger partial charge in [0.2, 0.25) is 0 Å². The molecule has 98 valence electrons. The molecular weight excluding hydrogens is 212 g/mol. The Morgan fingerprint density at radius 3 is 2.41 bits per heavy atom. The van der Waals surface area contributed by atoms with Crippen LogP contribution in [0.2, 0.25) is 0 Å². The second-order valence-electron chi connectivity index (χ2n) is 5.30. The Balaban J connectivity index is 2.87. The highest BCUT2D eigenvalue weighted by atomic mass is 16.3. The van der Waals surface area contributed by atoms with E-state index in [1.54, 1.807) is 0 Å². The lowest BCUT2D eigenvalue weighted by molar-refractivity contribution is 0.165. The summed E-state index contributed by atoms with van der Waals surface area (Å²) in [6, 6.07) is 4.35. The van der Waals surface area contributed by atoms with Crippen LogP contribution in [0.1, 0.15) is 44.8 Å². The molecule has 0 fully saturated rings. The van der Waals surface area contributed by atoms with Gasteiger partial charge in [0.05, 0.1) is 6.04 Å².